The highest BCUT2D eigenvalue weighted by Crippen LogP contribution is 2.31. The van der Waals surface area contributed by atoms with Gasteiger partial charge in [0.15, 0.2) is 0 Å². The number of aryl methyl sites for hydroxylation is 1. The van der Waals surface area contributed by atoms with Gasteiger partial charge in [0.25, 0.3) is 0 Å². The molecule has 1 aromatic rings. The molecule has 2 rings (SSSR count). The lowest BCUT2D eigenvalue weighted by Crippen LogP contribution is -2.08. The molecule has 3 nitrogen and oxygen atoms in total. The Kier molecular flexibility index (Phi) is 2.96. The molecule has 1 saturated carbocycles. The summed E-state index contributed by atoms with van der Waals surface area (Å²) in [6, 6.07) is 4.05. The largest absolute Gasteiger partial charge is 0.232 e. The lowest BCUT2D eigenvalue weighted by atomic mass is 9.86. The molecule has 1 aliphatic rings. The second-order valence-corrected chi connectivity index (χ2v) is 4.20. The van der Waals surface area contributed by atoms with Crippen LogP contribution in [0, 0.1) is 18.3 Å². The smallest absolute Gasteiger partial charge is 0.224 e. The van der Waals surface area contributed by atoms with Gasteiger partial charge in [0.2, 0.25) is 5.82 Å². The highest BCUT2D eigenvalue weighted by molar-refractivity contribution is 5.20. The molecular formula is C12H15N3. The van der Waals surface area contributed by atoms with Gasteiger partial charge in [-0.2, -0.15) is 5.26 Å². The van der Waals surface area contributed by atoms with Crippen LogP contribution in [0.25, 0.3) is 0 Å². The first-order chi connectivity index (χ1) is 7.29. The third kappa shape index (κ3) is 2.33. The molecule has 1 aromatic heterocycles. The molecule has 0 aromatic carbocycles. The molecule has 0 N–H and O–H groups in total. The SMILES string of the molecule is Cc1cc(C2CCCCC2)nc(C#N)n1. The highest BCUT2D eigenvalue weighted by atomic mass is 14.9. The number of hydrogen-bond donors (Lipinski definition) is 0. The summed E-state index contributed by atoms with van der Waals surface area (Å²) in [6.45, 7) is 1.93. The number of aromatic nitrogens is 2. The normalized spacial score (nSPS) is 17.3. The first-order valence-corrected chi connectivity index (χ1v) is 5.55. The monoisotopic (exact) mass is 201 g/mol. The number of rotatable bonds is 1. The maximum atomic E-state index is 8.81. The Morgan fingerprint density at radius 3 is 2.67 bits per heavy atom. The Bertz CT molecular complexity index is 386. The van der Waals surface area contributed by atoms with Gasteiger partial charge in [-0.05, 0) is 25.8 Å². The van der Waals surface area contributed by atoms with E-state index in [1.807, 2.05) is 19.1 Å². The quantitative estimate of drug-likeness (QED) is 0.702. The summed E-state index contributed by atoms with van der Waals surface area (Å²) < 4.78 is 0. The molecule has 0 atom stereocenters. The molecule has 0 spiro atoms. The van der Waals surface area contributed by atoms with Crippen molar-refractivity contribution < 1.29 is 0 Å². The minimum absolute atomic E-state index is 0.315. The van der Waals surface area contributed by atoms with E-state index in [0.29, 0.717) is 11.7 Å². The van der Waals surface area contributed by atoms with E-state index in [1.54, 1.807) is 0 Å². The van der Waals surface area contributed by atoms with Crippen LogP contribution in [-0.4, -0.2) is 9.97 Å². The third-order valence-electron chi connectivity index (χ3n) is 3.00. The Labute approximate surface area is 90.2 Å². The molecule has 0 amide bonds. The second-order valence-electron chi connectivity index (χ2n) is 4.20. The predicted octanol–water partition coefficient (Wildman–Crippen LogP) is 2.70. The fourth-order valence-electron chi connectivity index (χ4n) is 2.25. The Balaban J connectivity index is 2.27. The van der Waals surface area contributed by atoms with Crippen molar-refractivity contribution in [3.63, 3.8) is 0 Å². The van der Waals surface area contributed by atoms with E-state index in [2.05, 4.69) is 9.97 Å². The van der Waals surface area contributed by atoms with Crippen LogP contribution in [0.2, 0.25) is 0 Å². The van der Waals surface area contributed by atoms with Crippen LogP contribution in [0.15, 0.2) is 6.07 Å². The van der Waals surface area contributed by atoms with Gasteiger partial charge in [-0.1, -0.05) is 19.3 Å². The summed E-state index contributed by atoms with van der Waals surface area (Å²) in [6.07, 6.45) is 6.33. The van der Waals surface area contributed by atoms with Gasteiger partial charge >= 0.3 is 0 Å². The molecule has 0 bridgehead atoms. The zero-order chi connectivity index (χ0) is 10.7. The topological polar surface area (TPSA) is 49.6 Å². The Morgan fingerprint density at radius 2 is 2.00 bits per heavy atom. The van der Waals surface area contributed by atoms with Gasteiger partial charge in [-0.15, -0.1) is 0 Å². The average Bonchev–Trinajstić information content (AvgIpc) is 2.29. The van der Waals surface area contributed by atoms with Crippen molar-refractivity contribution >= 4 is 0 Å². The summed E-state index contributed by atoms with van der Waals surface area (Å²) in [7, 11) is 0. The molecule has 0 saturated heterocycles. The van der Waals surface area contributed by atoms with E-state index in [0.717, 1.165) is 11.4 Å². The van der Waals surface area contributed by atoms with Gasteiger partial charge in [0.1, 0.15) is 6.07 Å². The lowest BCUT2D eigenvalue weighted by Gasteiger charge is -2.21. The average molecular weight is 201 g/mol. The second kappa shape index (κ2) is 4.39. The Morgan fingerprint density at radius 1 is 1.27 bits per heavy atom. The van der Waals surface area contributed by atoms with E-state index >= 15 is 0 Å². The summed E-state index contributed by atoms with van der Waals surface area (Å²) in [5.74, 6) is 0.864. The summed E-state index contributed by atoms with van der Waals surface area (Å²) in [5, 5.41) is 8.81. The van der Waals surface area contributed by atoms with Crippen molar-refractivity contribution in [1.29, 1.82) is 5.26 Å². The van der Waals surface area contributed by atoms with Crippen molar-refractivity contribution in [3.8, 4) is 6.07 Å². The van der Waals surface area contributed by atoms with E-state index in [1.165, 1.54) is 32.1 Å². The van der Waals surface area contributed by atoms with E-state index in [9.17, 15) is 0 Å². The van der Waals surface area contributed by atoms with Gasteiger partial charge in [-0.25, -0.2) is 9.97 Å². The third-order valence-corrected chi connectivity index (χ3v) is 3.00. The number of nitrogens with zero attached hydrogens (tertiary/aromatic N) is 3. The fraction of sp³-hybridized carbons (Fsp3) is 0.583. The molecule has 1 aliphatic carbocycles. The van der Waals surface area contributed by atoms with E-state index in [-0.39, 0.29) is 0 Å². The zero-order valence-corrected chi connectivity index (χ0v) is 9.03. The summed E-state index contributed by atoms with van der Waals surface area (Å²) >= 11 is 0. The van der Waals surface area contributed by atoms with Gasteiger partial charge in [0, 0.05) is 17.3 Å². The van der Waals surface area contributed by atoms with Crippen LogP contribution in [0.4, 0.5) is 0 Å². The zero-order valence-electron chi connectivity index (χ0n) is 9.03. The van der Waals surface area contributed by atoms with Crippen LogP contribution in [0.1, 0.15) is 55.2 Å². The van der Waals surface area contributed by atoms with Crippen LogP contribution in [0.3, 0.4) is 0 Å². The van der Waals surface area contributed by atoms with Gasteiger partial charge in [-0.3, -0.25) is 0 Å². The van der Waals surface area contributed by atoms with Crippen molar-refractivity contribution in [3.05, 3.63) is 23.3 Å². The molecule has 3 heteroatoms. The first kappa shape index (κ1) is 10.1. The van der Waals surface area contributed by atoms with Crippen LogP contribution < -0.4 is 0 Å². The van der Waals surface area contributed by atoms with Gasteiger partial charge in [0.05, 0.1) is 0 Å². The number of hydrogen-bond acceptors (Lipinski definition) is 3. The number of nitriles is 1. The van der Waals surface area contributed by atoms with Crippen molar-refractivity contribution in [2.24, 2.45) is 0 Å². The minimum Gasteiger partial charge on any atom is -0.224 e. The fourth-order valence-corrected chi connectivity index (χ4v) is 2.25. The summed E-state index contributed by atoms with van der Waals surface area (Å²) in [4.78, 5) is 8.38. The molecule has 0 unspecified atom stereocenters. The van der Waals surface area contributed by atoms with Crippen molar-refractivity contribution in [1.82, 2.24) is 9.97 Å². The molecule has 15 heavy (non-hydrogen) atoms. The van der Waals surface area contributed by atoms with Crippen LogP contribution in [-0.2, 0) is 0 Å². The molecule has 1 fully saturated rings. The molecule has 0 aliphatic heterocycles. The van der Waals surface area contributed by atoms with Crippen LogP contribution >= 0.6 is 0 Å². The maximum Gasteiger partial charge on any atom is 0.232 e. The highest BCUT2D eigenvalue weighted by Gasteiger charge is 2.17. The molecule has 1 heterocycles. The molecule has 0 radical (unpaired) electrons. The predicted molar refractivity (Wildman–Crippen MR) is 57.3 cm³/mol. The Hall–Kier alpha value is -1.43. The minimum atomic E-state index is 0.315. The first-order valence-electron chi connectivity index (χ1n) is 5.55. The van der Waals surface area contributed by atoms with Gasteiger partial charge < -0.3 is 0 Å². The van der Waals surface area contributed by atoms with E-state index in [4.69, 9.17) is 5.26 Å². The standard InChI is InChI=1S/C12H15N3/c1-9-7-11(15-12(8-13)14-9)10-5-3-2-4-6-10/h7,10H,2-6H2,1H3. The molecular weight excluding hydrogens is 186 g/mol. The maximum absolute atomic E-state index is 8.81. The molecule has 78 valence electrons. The van der Waals surface area contributed by atoms with Crippen LogP contribution in [0.5, 0.6) is 0 Å². The lowest BCUT2D eigenvalue weighted by molar-refractivity contribution is 0.435. The van der Waals surface area contributed by atoms with Crippen molar-refractivity contribution in [2.75, 3.05) is 0 Å². The summed E-state index contributed by atoms with van der Waals surface area (Å²) in [5.41, 5.74) is 1.97. The van der Waals surface area contributed by atoms with E-state index < -0.39 is 0 Å². The van der Waals surface area contributed by atoms with Crippen molar-refractivity contribution in [2.45, 2.75) is 44.9 Å².